The third-order valence-electron chi connectivity index (χ3n) is 4.45. The molecule has 0 radical (unpaired) electrons. The zero-order chi connectivity index (χ0) is 12.6. The van der Waals surface area contributed by atoms with Crippen LogP contribution in [0.1, 0.15) is 38.5 Å². The quantitative estimate of drug-likeness (QED) is 0.669. The van der Waals surface area contributed by atoms with Crippen LogP contribution in [0.25, 0.3) is 0 Å². The van der Waals surface area contributed by atoms with Crippen molar-refractivity contribution in [1.82, 2.24) is 10.6 Å². The number of piperidine rings is 1. The van der Waals surface area contributed by atoms with E-state index in [-0.39, 0.29) is 17.7 Å². The van der Waals surface area contributed by atoms with Gasteiger partial charge >= 0.3 is 0 Å². The van der Waals surface area contributed by atoms with Crippen molar-refractivity contribution in [3.05, 3.63) is 0 Å². The number of nitrogens with one attached hydrogen (secondary N) is 2. The van der Waals surface area contributed by atoms with E-state index in [4.69, 9.17) is 0 Å². The summed E-state index contributed by atoms with van der Waals surface area (Å²) in [5.74, 6) is 0.463. The predicted octanol–water partition coefficient (Wildman–Crippen LogP) is 0.601. The molecule has 1 unspecified atom stereocenters. The van der Waals surface area contributed by atoms with Crippen molar-refractivity contribution >= 4 is 17.6 Å². The average Bonchev–Trinajstić information content (AvgIpc) is 2.88. The van der Waals surface area contributed by atoms with Crippen LogP contribution in [0.3, 0.4) is 0 Å². The molecule has 1 atom stereocenters. The highest BCUT2D eigenvalue weighted by atomic mass is 16.2. The van der Waals surface area contributed by atoms with E-state index in [0.29, 0.717) is 18.7 Å². The zero-order valence-corrected chi connectivity index (χ0v) is 10.5. The summed E-state index contributed by atoms with van der Waals surface area (Å²) in [6.45, 7) is 1.81. The van der Waals surface area contributed by atoms with Gasteiger partial charge in [0.1, 0.15) is 11.3 Å². The minimum absolute atomic E-state index is 0.111. The van der Waals surface area contributed by atoms with Gasteiger partial charge in [-0.05, 0) is 32.2 Å². The molecule has 1 spiro atoms. The third kappa shape index (κ3) is 1.77. The second-order valence-electron chi connectivity index (χ2n) is 5.59. The number of hydrogen-bond acceptors (Lipinski definition) is 3. The van der Waals surface area contributed by atoms with Crippen LogP contribution in [0.4, 0.5) is 0 Å². The van der Waals surface area contributed by atoms with E-state index >= 15 is 0 Å². The largest absolute Gasteiger partial charge is 0.316 e. The molecule has 0 aromatic heterocycles. The molecule has 2 N–H and O–H groups in total. The lowest BCUT2D eigenvalue weighted by Crippen LogP contribution is -2.54. The van der Waals surface area contributed by atoms with Gasteiger partial charge < -0.3 is 10.6 Å². The number of aliphatic imine (C=N–C) groups is 1. The van der Waals surface area contributed by atoms with Gasteiger partial charge in [0.2, 0.25) is 5.91 Å². The van der Waals surface area contributed by atoms with Crippen LogP contribution in [-0.2, 0) is 9.59 Å². The first-order valence-corrected chi connectivity index (χ1v) is 6.87. The number of carbonyl (C=O) groups is 2. The highest BCUT2D eigenvalue weighted by Crippen LogP contribution is 2.41. The Balaban J connectivity index is 1.83. The van der Waals surface area contributed by atoms with Gasteiger partial charge in [-0.25, -0.2) is 0 Å². The molecule has 0 bridgehead atoms. The summed E-state index contributed by atoms with van der Waals surface area (Å²) in [6, 6.07) is 0. The van der Waals surface area contributed by atoms with Crippen LogP contribution in [0, 0.1) is 11.3 Å². The van der Waals surface area contributed by atoms with E-state index in [1.165, 1.54) is 0 Å². The lowest BCUT2D eigenvalue weighted by atomic mass is 9.82. The maximum atomic E-state index is 12.2. The standard InChI is InChI=1S/C13H19N3O2/c17-11-13(5-1-2-6-13)12(18)16-10(15-11)9-4-3-7-14-8-9/h9,14H,1-8H2,(H,15,16,17,18). The van der Waals surface area contributed by atoms with Gasteiger partial charge in [0.25, 0.3) is 5.91 Å². The fourth-order valence-corrected chi connectivity index (χ4v) is 3.28. The van der Waals surface area contributed by atoms with Gasteiger partial charge in [-0.15, -0.1) is 0 Å². The van der Waals surface area contributed by atoms with Gasteiger partial charge in [-0.2, -0.15) is 4.99 Å². The number of amides is 2. The minimum atomic E-state index is -0.828. The summed E-state index contributed by atoms with van der Waals surface area (Å²) in [5.41, 5.74) is -0.828. The first-order chi connectivity index (χ1) is 8.72. The number of nitrogens with zero attached hydrogens (tertiary/aromatic N) is 1. The summed E-state index contributed by atoms with van der Waals surface area (Å²) >= 11 is 0. The minimum Gasteiger partial charge on any atom is -0.316 e. The summed E-state index contributed by atoms with van der Waals surface area (Å²) in [6.07, 6.45) is 5.30. The smallest absolute Gasteiger partial charge is 0.263 e. The molecule has 2 heterocycles. The lowest BCUT2D eigenvalue weighted by Gasteiger charge is -2.32. The Kier molecular flexibility index (Phi) is 2.93. The van der Waals surface area contributed by atoms with E-state index in [2.05, 4.69) is 15.6 Å². The Morgan fingerprint density at radius 3 is 2.56 bits per heavy atom. The van der Waals surface area contributed by atoms with E-state index in [0.717, 1.165) is 38.8 Å². The lowest BCUT2D eigenvalue weighted by molar-refractivity contribution is -0.141. The van der Waals surface area contributed by atoms with Crippen molar-refractivity contribution < 1.29 is 9.59 Å². The maximum Gasteiger partial charge on any atom is 0.263 e. The monoisotopic (exact) mass is 249 g/mol. The number of rotatable bonds is 1. The SMILES string of the molecule is O=C1N=C(C2CCCNC2)NC(=O)C12CCCC2. The molecule has 98 valence electrons. The van der Waals surface area contributed by atoms with Crippen molar-refractivity contribution in [2.24, 2.45) is 16.3 Å². The molecule has 0 aromatic rings. The fourth-order valence-electron chi connectivity index (χ4n) is 3.28. The summed E-state index contributed by atoms with van der Waals surface area (Å²) in [5, 5.41) is 6.18. The van der Waals surface area contributed by atoms with Crippen molar-refractivity contribution in [3.63, 3.8) is 0 Å². The van der Waals surface area contributed by atoms with Crippen LogP contribution >= 0.6 is 0 Å². The molecule has 2 fully saturated rings. The highest BCUT2D eigenvalue weighted by Gasteiger charge is 2.51. The molecular weight excluding hydrogens is 230 g/mol. The molecule has 18 heavy (non-hydrogen) atoms. The van der Waals surface area contributed by atoms with E-state index < -0.39 is 5.41 Å². The molecule has 5 heteroatoms. The van der Waals surface area contributed by atoms with E-state index in [1.807, 2.05) is 0 Å². The summed E-state index contributed by atoms with van der Waals surface area (Å²) < 4.78 is 0. The predicted molar refractivity (Wildman–Crippen MR) is 67.1 cm³/mol. The van der Waals surface area contributed by atoms with E-state index in [9.17, 15) is 9.59 Å². The second kappa shape index (κ2) is 4.46. The van der Waals surface area contributed by atoms with Crippen LogP contribution < -0.4 is 10.6 Å². The van der Waals surface area contributed by atoms with Gasteiger partial charge in [-0.1, -0.05) is 12.8 Å². The molecule has 0 aromatic carbocycles. The summed E-state index contributed by atoms with van der Waals surface area (Å²) in [7, 11) is 0. The average molecular weight is 249 g/mol. The van der Waals surface area contributed by atoms with Gasteiger partial charge in [-0.3, -0.25) is 9.59 Å². The molecular formula is C13H19N3O2. The van der Waals surface area contributed by atoms with Gasteiger partial charge in [0.15, 0.2) is 0 Å². The van der Waals surface area contributed by atoms with Crippen LogP contribution in [0.5, 0.6) is 0 Å². The maximum absolute atomic E-state index is 12.2. The highest BCUT2D eigenvalue weighted by molar-refractivity contribution is 6.19. The van der Waals surface area contributed by atoms with Crippen molar-refractivity contribution in [2.75, 3.05) is 13.1 Å². The fraction of sp³-hybridized carbons (Fsp3) is 0.769. The topological polar surface area (TPSA) is 70.6 Å². The zero-order valence-electron chi connectivity index (χ0n) is 10.5. The van der Waals surface area contributed by atoms with E-state index in [1.54, 1.807) is 0 Å². The molecule has 1 saturated heterocycles. The van der Waals surface area contributed by atoms with Crippen molar-refractivity contribution in [3.8, 4) is 0 Å². The van der Waals surface area contributed by atoms with Crippen LogP contribution in [0.15, 0.2) is 4.99 Å². The Labute approximate surface area is 106 Å². The molecule has 2 amide bonds. The Bertz CT molecular complexity index is 404. The van der Waals surface area contributed by atoms with Crippen molar-refractivity contribution in [2.45, 2.75) is 38.5 Å². The summed E-state index contributed by atoms with van der Waals surface area (Å²) in [4.78, 5) is 28.7. The first-order valence-electron chi connectivity index (χ1n) is 6.87. The molecule has 3 rings (SSSR count). The molecule has 5 nitrogen and oxygen atoms in total. The molecule has 2 aliphatic heterocycles. The number of amidine groups is 1. The first kappa shape index (κ1) is 11.8. The third-order valence-corrected chi connectivity index (χ3v) is 4.45. The number of hydrogen-bond donors (Lipinski definition) is 2. The molecule has 1 aliphatic carbocycles. The van der Waals surface area contributed by atoms with Crippen LogP contribution in [0.2, 0.25) is 0 Å². The van der Waals surface area contributed by atoms with Gasteiger partial charge in [0.05, 0.1) is 0 Å². The molecule has 1 saturated carbocycles. The second-order valence-corrected chi connectivity index (χ2v) is 5.59. The van der Waals surface area contributed by atoms with Crippen LogP contribution in [-0.4, -0.2) is 30.7 Å². The Hall–Kier alpha value is -1.23. The Morgan fingerprint density at radius 2 is 1.94 bits per heavy atom. The van der Waals surface area contributed by atoms with Crippen molar-refractivity contribution in [1.29, 1.82) is 0 Å². The molecule has 3 aliphatic rings. The Morgan fingerprint density at radius 1 is 1.17 bits per heavy atom. The van der Waals surface area contributed by atoms with Gasteiger partial charge in [0, 0.05) is 12.5 Å². The normalized spacial score (nSPS) is 31.3. The number of carbonyl (C=O) groups excluding carboxylic acids is 2.